The van der Waals surface area contributed by atoms with Gasteiger partial charge in [-0.3, -0.25) is 4.79 Å². The fourth-order valence-corrected chi connectivity index (χ4v) is 3.94. The van der Waals surface area contributed by atoms with E-state index in [1.807, 2.05) is 41.8 Å². The van der Waals surface area contributed by atoms with Crippen LogP contribution in [0.25, 0.3) is 0 Å². The summed E-state index contributed by atoms with van der Waals surface area (Å²) in [5, 5.41) is 7.93. The van der Waals surface area contributed by atoms with Crippen LogP contribution in [0.3, 0.4) is 0 Å². The SMILES string of the molecule is CC(C)[C@H](NC(=O)Nc1ccc(N2CCCC2=O)cc1)c1cccs1. The Bertz CT molecular complexity index is 726. The summed E-state index contributed by atoms with van der Waals surface area (Å²) in [6, 6.07) is 11.2. The van der Waals surface area contributed by atoms with E-state index in [2.05, 4.69) is 24.5 Å². The van der Waals surface area contributed by atoms with Gasteiger partial charge in [-0.2, -0.15) is 0 Å². The molecule has 0 unspecified atom stereocenters. The molecule has 0 aliphatic carbocycles. The number of carbonyl (C=O) groups is 2. The summed E-state index contributed by atoms with van der Waals surface area (Å²) in [6.07, 6.45) is 1.52. The number of amides is 3. The molecule has 5 nitrogen and oxygen atoms in total. The molecule has 0 bridgehead atoms. The molecule has 1 atom stereocenters. The summed E-state index contributed by atoms with van der Waals surface area (Å²) >= 11 is 1.64. The lowest BCUT2D eigenvalue weighted by Gasteiger charge is -2.21. The number of nitrogens with one attached hydrogen (secondary N) is 2. The minimum atomic E-state index is -0.225. The van der Waals surface area contributed by atoms with Crippen molar-refractivity contribution < 1.29 is 9.59 Å². The van der Waals surface area contributed by atoms with E-state index in [4.69, 9.17) is 0 Å². The quantitative estimate of drug-likeness (QED) is 0.833. The van der Waals surface area contributed by atoms with Crippen molar-refractivity contribution in [3.8, 4) is 0 Å². The summed E-state index contributed by atoms with van der Waals surface area (Å²) in [6.45, 7) is 4.95. The topological polar surface area (TPSA) is 61.4 Å². The number of benzene rings is 1. The fourth-order valence-electron chi connectivity index (χ4n) is 2.99. The molecule has 1 aromatic heterocycles. The molecule has 3 amide bonds. The fraction of sp³-hybridized carbons (Fsp3) is 0.368. The van der Waals surface area contributed by atoms with E-state index in [1.54, 1.807) is 16.2 Å². The maximum absolute atomic E-state index is 12.3. The van der Waals surface area contributed by atoms with Crippen LogP contribution in [-0.2, 0) is 4.79 Å². The molecule has 0 saturated carbocycles. The number of anilines is 2. The van der Waals surface area contributed by atoms with Crippen LogP contribution in [-0.4, -0.2) is 18.5 Å². The second-order valence-electron chi connectivity index (χ2n) is 6.53. The molecular formula is C19H23N3O2S. The maximum atomic E-state index is 12.3. The zero-order chi connectivity index (χ0) is 17.8. The van der Waals surface area contributed by atoms with Crippen molar-refractivity contribution in [2.45, 2.75) is 32.7 Å². The number of urea groups is 1. The van der Waals surface area contributed by atoms with Gasteiger partial charge in [0.05, 0.1) is 6.04 Å². The van der Waals surface area contributed by atoms with Crippen molar-refractivity contribution in [3.05, 3.63) is 46.7 Å². The highest BCUT2D eigenvalue weighted by atomic mass is 32.1. The third-order valence-electron chi connectivity index (χ3n) is 4.31. The van der Waals surface area contributed by atoms with E-state index in [-0.39, 0.29) is 18.0 Å². The predicted molar refractivity (Wildman–Crippen MR) is 102 cm³/mol. The summed E-state index contributed by atoms with van der Waals surface area (Å²) in [5.74, 6) is 0.460. The first-order valence-corrected chi connectivity index (χ1v) is 9.44. The van der Waals surface area contributed by atoms with Crippen molar-refractivity contribution >= 4 is 34.6 Å². The molecule has 1 saturated heterocycles. The molecule has 2 N–H and O–H groups in total. The van der Waals surface area contributed by atoms with Gasteiger partial charge < -0.3 is 15.5 Å². The van der Waals surface area contributed by atoms with Crippen molar-refractivity contribution in [2.24, 2.45) is 5.92 Å². The van der Waals surface area contributed by atoms with Crippen molar-refractivity contribution in [1.82, 2.24) is 5.32 Å². The Morgan fingerprint density at radius 2 is 1.96 bits per heavy atom. The zero-order valence-electron chi connectivity index (χ0n) is 14.5. The summed E-state index contributed by atoms with van der Waals surface area (Å²) in [5.41, 5.74) is 1.59. The molecule has 3 rings (SSSR count). The average Bonchev–Trinajstić information content (AvgIpc) is 3.25. The van der Waals surface area contributed by atoms with Gasteiger partial charge in [0.1, 0.15) is 0 Å². The first-order chi connectivity index (χ1) is 12.0. The third kappa shape index (κ3) is 4.20. The third-order valence-corrected chi connectivity index (χ3v) is 5.27. The molecule has 25 heavy (non-hydrogen) atoms. The highest BCUT2D eigenvalue weighted by Gasteiger charge is 2.22. The molecule has 6 heteroatoms. The number of carbonyl (C=O) groups excluding carboxylic acids is 2. The van der Waals surface area contributed by atoms with Gasteiger partial charge in [-0.05, 0) is 48.1 Å². The standard InChI is InChI=1S/C19H23N3O2S/c1-13(2)18(16-5-4-12-25-16)21-19(24)20-14-7-9-15(10-8-14)22-11-3-6-17(22)23/h4-5,7-10,12-13,18H,3,6,11H2,1-2H3,(H2,20,21,24)/t18-/m0/s1. The Balaban J connectivity index is 1.61. The van der Waals surface area contributed by atoms with Gasteiger partial charge in [-0.1, -0.05) is 19.9 Å². The second kappa shape index (κ2) is 7.70. The average molecular weight is 357 g/mol. The minimum absolute atomic E-state index is 0.0125. The van der Waals surface area contributed by atoms with Gasteiger partial charge in [0.25, 0.3) is 0 Å². The van der Waals surface area contributed by atoms with Crippen LogP contribution < -0.4 is 15.5 Å². The number of nitrogens with zero attached hydrogens (tertiary/aromatic N) is 1. The minimum Gasteiger partial charge on any atom is -0.330 e. The normalized spacial score (nSPS) is 15.5. The Morgan fingerprint density at radius 3 is 2.52 bits per heavy atom. The van der Waals surface area contributed by atoms with Crippen LogP contribution in [0.4, 0.5) is 16.2 Å². The second-order valence-corrected chi connectivity index (χ2v) is 7.51. The summed E-state index contributed by atoms with van der Waals surface area (Å²) in [4.78, 5) is 27.0. The lowest BCUT2D eigenvalue weighted by molar-refractivity contribution is -0.117. The van der Waals surface area contributed by atoms with E-state index < -0.39 is 0 Å². The van der Waals surface area contributed by atoms with Crippen LogP contribution in [0, 0.1) is 5.92 Å². The molecule has 0 radical (unpaired) electrons. The maximum Gasteiger partial charge on any atom is 0.319 e. The molecule has 2 heterocycles. The number of rotatable bonds is 5. The van der Waals surface area contributed by atoms with E-state index in [9.17, 15) is 9.59 Å². The molecule has 0 spiro atoms. The summed E-state index contributed by atoms with van der Waals surface area (Å²) in [7, 11) is 0. The van der Waals surface area contributed by atoms with E-state index in [0.29, 0.717) is 18.0 Å². The highest BCUT2D eigenvalue weighted by Crippen LogP contribution is 2.26. The number of thiophene rings is 1. The van der Waals surface area contributed by atoms with E-state index >= 15 is 0 Å². The molecule has 1 aliphatic heterocycles. The molecule has 132 valence electrons. The first kappa shape index (κ1) is 17.5. The zero-order valence-corrected chi connectivity index (χ0v) is 15.3. The molecule has 1 aliphatic rings. The largest absolute Gasteiger partial charge is 0.330 e. The molecule has 1 fully saturated rings. The van der Waals surface area contributed by atoms with Gasteiger partial charge in [0.15, 0.2) is 0 Å². The number of hydrogen-bond donors (Lipinski definition) is 2. The monoisotopic (exact) mass is 357 g/mol. The van der Waals surface area contributed by atoms with Crippen LogP contribution in [0.1, 0.15) is 37.6 Å². The molecule has 1 aromatic carbocycles. The van der Waals surface area contributed by atoms with Crippen molar-refractivity contribution in [2.75, 3.05) is 16.8 Å². The van der Waals surface area contributed by atoms with Crippen molar-refractivity contribution in [3.63, 3.8) is 0 Å². The van der Waals surface area contributed by atoms with E-state index in [1.165, 1.54) is 0 Å². The highest BCUT2D eigenvalue weighted by molar-refractivity contribution is 7.10. The first-order valence-electron chi connectivity index (χ1n) is 8.56. The lowest BCUT2D eigenvalue weighted by Crippen LogP contribution is -2.34. The predicted octanol–water partition coefficient (Wildman–Crippen LogP) is 4.39. The Hall–Kier alpha value is -2.34. The molecule has 2 aromatic rings. The molecular weight excluding hydrogens is 334 g/mol. The Morgan fingerprint density at radius 1 is 1.20 bits per heavy atom. The Labute approximate surface area is 152 Å². The van der Waals surface area contributed by atoms with Gasteiger partial charge in [-0.15, -0.1) is 11.3 Å². The Kier molecular flexibility index (Phi) is 5.38. The van der Waals surface area contributed by atoms with Gasteiger partial charge in [0.2, 0.25) is 5.91 Å². The van der Waals surface area contributed by atoms with Crippen LogP contribution in [0.15, 0.2) is 41.8 Å². The lowest BCUT2D eigenvalue weighted by atomic mass is 10.0. The van der Waals surface area contributed by atoms with Crippen molar-refractivity contribution in [1.29, 1.82) is 0 Å². The summed E-state index contributed by atoms with van der Waals surface area (Å²) < 4.78 is 0. The van der Waals surface area contributed by atoms with Gasteiger partial charge >= 0.3 is 6.03 Å². The smallest absolute Gasteiger partial charge is 0.319 e. The number of hydrogen-bond acceptors (Lipinski definition) is 3. The van der Waals surface area contributed by atoms with E-state index in [0.717, 1.165) is 23.5 Å². The van der Waals surface area contributed by atoms with Crippen LogP contribution in [0.2, 0.25) is 0 Å². The van der Waals surface area contributed by atoms with Crippen LogP contribution in [0.5, 0.6) is 0 Å². The van der Waals surface area contributed by atoms with Gasteiger partial charge in [-0.25, -0.2) is 4.79 Å². The van der Waals surface area contributed by atoms with Crippen LogP contribution >= 0.6 is 11.3 Å². The van der Waals surface area contributed by atoms with Gasteiger partial charge in [0, 0.05) is 29.2 Å².